The highest BCUT2D eigenvalue weighted by atomic mass is 19.1. The molecule has 1 aromatic heterocycles. The maximum atomic E-state index is 14.5. The molecule has 1 amide bonds. The number of ether oxygens (including phenoxy) is 1. The minimum Gasteiger partial charge on any atom is -0.503 e. The van der Waals surface area contributed by atoms with Crippen LogP contribution in [0.5, 0.6) is 0 Å². The van der Waals surface area contributed by atoms with Crippen LogP contribution in [0.15, 0.2) is 52.1 Å². The molecular formula is C20H20FNO5. The van der Waals surface area contributed by atoms with Crippen molar-refractivity contribution in [1.29, 1.82) is 0 Å². The van der Waals surface area contributed by atoms with Gasteiger partial charge in [0, 0.05) is 25.8 Å². The van der Waals surface area contributed by atoms with Gasteiger partial charge in [-0.25, -0.2) is 4.39 Å². The van der Waals surface area contributed by atoms with Gasteiger partial charge in [-0.1, -0.05) is 18.2 Å². The van der Waals surface area contributed by atoms with E-state index in [2.05, 4.69) is 0 Å². The first-order valence-corrected chi connectivity index (χ1v) is 8.54. The van der Waals surface area contributed by atoms with E-state index < -0.39 is 29.3 Å². The minimum atomic E-state index is -1.03. The van der Waals surface area contributed by atoms with E-state index in [0.29, 0.717) is 18.8 Å². The Balaban J connectivity index is 2.06. The van der Waals surface area contributed by atoms with Gasteiger partial charge in [0.25, 0.3) is 5.91 Å². The summed E-state index contributed by atoms with van der Waals surface area (Å²) in [7, 11) is 1.53. The van der Waals surface area contributed by atoms with E-state index in [-0.39, 0.29) is 23.4 Å². The summed E-state index contributed by atoms with van der Waals surface area (Å²) in [4.78, 5) is 26.9. The van der Waals surface area contributed by atoms with E-state index in [9.17, 15) is 19.1 Å². The van der Waals surface area contributed by atoms with Crippen molar-refractivity contribution >= 4 is 11.7 Å². The lowest BCUT2D eigenvalue weighted by Gasteiger charge is -2.26. The summed E-state index contributed by atoms with van der Waals surface area (Å²) < 4.78 is 24.9. The molecule has 0 spiro atoms. The average Bonchev–Trinajstić information content (AvgIpc) is 3.19. The Hall–Kier alpha value is -2.93. The van der Waals surface area contributed by atoms with Crippen LogP contribution in [0.3, 0.4) is 0 Å². The molecule has 0 bridgehead atoms. The Morgan fingerprint density at radius 3 is 2.67 bits per heavy atom. The number of methoxy groups -OCH3 is 1. The summed E-state index contributed by atoms with van der Waals surface area (Å²) >= 11 is 0. The molecule has 0 saturated heterocycles. The van der Waals surface area contributed by atoms with Crippen LogP contribution in [-0.4, -0.2) is 42.0 Å². The van der Waals surface area contributed by atoms with Crippen LogP contribution in [0, 0.1) is 12.7 Å². The zero-order chi connectivity index (χ0) is 19.6. The summed E-state index contributed by atoms with van der Waals surface area (Å²) in [6, 6.07) is 7.92. The van der Waals surface area contributed by atoms with Crippen molar-refractivity contribution in [2.75, 3.05) is 20.3 Å². The molecule has 0 radical (unpaired) electrons. The highest BCUT2D eigenvalue weighted by molar-refractivity contribution is 6.15. The number of carbonyl (C=O) groups excluding carboxylic acids is 2. The smallest absolute Gasteiger partial charge is 0.290 e. The number of halogens is 1. The maximum absolute atomic E-state index is 14.5. The van der Waals surface area contributed by atoms with E-state index in [1.54, 1.807) is 19.1 Å². The summed E-state index contributed by atoms with van der Waals surface area (Å²) in [6.07, 6.45) is 0.474. The topological polar surface area (TPSA) is 80.0 Å². The second-order valence-electron chi connectivity index (χ2n) is 6.27. The number of nitrogens with zero attached hydrogens (tertiary/aromatic N) is 1. The Morgan fingerprint density at radius 2 is 2.04 bits per heavy atom. The van der Waals surface area contributed by atoms with Gasteiger partial charge in [-0.2, -0.15) is 0 Å². The number of Topliss-reactive ketones (excluding diaryl/α,β-unsaturated/α-hetero) is 1. The number of rotatable bonds is 7. The van der Waals surface area contributed by atoms with Crippen LogP contribution in [0.25, 0.3) is 0 Å². The first kappa shape index (κ1) is 18.8. The van der Waals surface area contributed by atoms with Crippen molar-refractivity contribution in [3.63, 3.8) is 0 Å². The molecule has 0 saturated carbocycles. The van der Waals surface area contributed by atoms with Gasteiger partial charge in [0.2, 0.25) is 5.78 Å². The zero-order valence-corrected chi connectivity index (χ0v) is 15.1. The van der Waals surface area contributed by atoms with Crippen molar-refractivity contribution in [2.45, 2.75) is 19.4 Å². The Morgan fingerprint density at radius 1 is 1.30 bits per heavy atom. The SMILES string of the molecule is COCCCN1C(=O)C(O)=C(C(=O)c2ccc(C)o2)C1c1ccccc1F. The molecule has 1 aliphatic rings. The lowest BCUT2D eigenvalue weighted by Crippen LogP contribution is -2.33. The van der Waals surface area contributed by atoms with Gasteiger partial charge in [-0.3, -0.25) is 9.59 Å². The fraction of sp³-hybridized carbons (Fsp3) is 0.300. The van der Waals surface area contributed by atoms with E-state index in [1.807, 2.05) is 0 Å². The van der Waals surface area contributed by atoms with E-state index in [0.717, 1.165) is 0 Å². The quantitative estimate of drug-likeness (QED) is 0.595. The van der Waals surface area contributed by atoms with Gasteiger partial charge in [0.15, 0.2) is 11.5 Å². The molecule has 27 heavy (non-hydrogen) atoms. The van der Waals surface area contributed by atoms with Gasteiger partial charge < -0.3 is 19.2 Å². The molecule has 1 atom stereocenters. The van der Waals surface area contributed by atoms with E-state index in [4.69, 9.17) is 9.15 Å². The molecule has 1 N–H and O–H groups in total. The second kappa shape index (κ2) is 7.75. The number of aryl methyl sites for hydroxylation is 1. The number of aliphatic hydroxyl groups is 1. The monoisotopic (exact) mass is 373 g/mol. The lowest BCUT2D eigenvalue weighted by atomic mass is 9.94. The van der Waals surface area contributed by atoms with Crippen LogP contribution in [0.2, 0.25) is 0 Å². The van der Waals surface area contributed by atoms with Crippen LogP contribution >= 0.6 is 0 Å². The number of benzene rings is 1. The van der Waals surface area contributed by atoms with Gasteiger partial charge in [0.05, 0.1) is 11.6 Å². The molecule has 7 heteroatoms. The van der Waals surface area contributed by atoms with Crippen molar-refractivity contribution in [3.05, 3.63) is 70.6 Å². The predicted octanol–water partition coefficient (Wildman–Crippen LogP) is 3.34. The van der Waals surface area contributed by atoms with Crippen molar-refractivity contribution < 1.29 is 28.2 Å². The zero-order valence-electron chi connectivity index (χ0n) is 15.1. The largest absolute Gasteiger partial charge is 0.503 e. The number of furan rings is 1. The summed E-state index contributed by atoms with van der Waals surface area (Å²) in [5.41, 5.74) is -0.0455. The first-order chi connectivity index (χ1) is 13.0. The highest BCUT2D eigenvalue weighted by Gasteiger charge is 2.45. The Bertz CT molecular complexity index is 901. The number of ketones is 1. The predicted molar refractivity (Wildman–Crippen MR) is 94.8 cm³/mol. The average molecular weight is 373 g/mol. The van der Waals surface area contributed by atoms with Crippen LogP contribution < -0.4 is 0 Å². The molecule has 142 valence electrons. The van der Waals surface area contributed by atoms with Crippen LogP contribution in [0.4, 0.5) is 4.39 Å². The third kappa shape index (κ3) is 3.50. The fourth-order valence-electron chi connectivity index (χ4n) is 3.20. The van der Waals surface area contributed by atoms with Gasteiger partial charge in [-0.05, 0) is 31.5 Å². The molecule has 1 aromatic carbocycles. The molecule has 0 fully saturated rings. The van der Waals surface area contributed by atoms with E-state index >= 15 is 0 Å². The number of amides is 1. The third-order valence-corrected chi connectivity index (χ3v) is 4.46. The highest BCUT2D eigenvalue weighted by Crippen LogP contribution is 2.40. The third-order valence-electron chi connectivity index (χ3n) is 4.46. The number of hydrogen-bond donors (Lipinski definition) is 1. The maximum Gasteiger partial charge on any atom is 0.290 e. The van der Waals surface area contributed by atoms with Gasteiger partial charge in [0.1, 0.15) is 11.6 Å². The minimum absolute atomic E-state index is 0.0121. The molecule has 0 aliphatic carbocycles. The number of aliphatic hydroxyl groups excluding tert-OH is 1. The Kier molecular flexibility index (Phi) is 5.41. The molecule has 1 unspecified atom stereocenters. The normalized spacial score (nSPS) is 17.1. The lowest BCUT2D eigenvalue weighted by molar-refractivity contribution is -0.129. The molecule has 2 heterocycles. The first-order valence-electron chi connectivity index (χ1n) is 8.54. The standard InChI is InChI=1S/C20H20FNO5/c1-12-8-9-15(27-12)18(23)16-17(13-6-3-4-7-14(13)21)22(10-5-11-26-2)20(25)19(16)24/h3-4,6-9,17,24H,5,10-11H2,1-2H3. The molecular weight excluding hydrogens is 353 g/mol. The van der Waals surface area contributed by atoms with Crippen molar-refractivity contribution in [2.24, 2.45) is 0 Å². The number of hydrogen-bond acceptors (Lipinski definition) is 5. The van der Waals surface area contributed by atoms with E-state index in [1.165, 1.54) is 36.3 Å². The molecule has 2 aromatic rings. The Labute approximate surface area is 155 Å². The second-order valence-corrected chi connectivity index (χ2v) is 6.27. The molecule has 1 aliphatic heterocycles. The number of carbonyl (C=O) groups is 2. The molecule has 6 nitrogen and oxygen atoms in total. The summed E-state index contributed by atoms with van der Waals surface area (Å²) in [5.74, 6) is -2.10. The fourth-order valence-corrected chi connectivity index (χ4v) is 3.20. The van der Waals surface area contributed by atoms with Crippen LogP contribution in [-0.2, 0) is 9.53 Å². The van der Waals surface area contributed by atoms with Gasteiger partial charge >= 0.3 is 0 Å². The van der Waals surface area contributed by atoms with Crippen molar-refractivity contribution in [3.8, 4) is 0 Å². The summed E-state index contributed by atoms with van der Waals surface area (Å²) in [6.45, 7) is 2.26. The molecule has 3 rings (SSSR count). The summed E-state index contributed by atoms with van der Waals surface area (Å²) in [5, 5.41) is 10.4. The van der Waals surface area contributed by atoms with Crippen LogP contribution in [0.1, 0.15) is 34.3 Å². The van der Waals surface area contributed by atoms with Crippen molar-refractivity contribution in [1.82, 2.24) is 4.90 Å². The van der Waals surface area contributed by atoms with Gasteiger partial charge in [-0.15, -0.1) is 0 Å².